The largest absolute Gasteiger partial charge is 0.394 e. The maximum Gasteiger partial charge on any atom is 0.320 e. The number of benzene rings is 1. The van der Waals surface area contributed by atoms with E-state index in [0.29, 0.717) is 18.7 Å². The zero-order chi connectivity index (χ0) is 24.4. The van der Waals surface area contributed by atoms with Crippen LogP contribution in [0, 0.1) is 11.2 Å². The lowest BCUT2D eigenvalue weighted by Crippen LogP contribution is -2.46. The molecule has 0 spiro atoms. The molecule has 2 aliphatic heterocycles. The molecule has 1 saturated heterocycles. The summed E-state index contributed by atoms with van der Waals surface area (Å²) >= 11 is 0. The van der Waals surface area contributed by atoms with E-state index in [2.05, 4.69) is 10.3 Å². The monoisotopic (exact) mass is 469 g/mol. The van der Waals surface area contributed by atoms with Crippen LogP contribution >= 0.6 is 0 Å². The number of rotatable bonds is 5. The third-order valence-corrected chi connectivity index (χ3v) is 6.13. The summed E-state index contributed by atoms with van der Waals surface area (Å²) in [6.07, 6.45) is 1.98. The van der Waals surface area contributed by atoms with Crippen molar-refractivity contribution in [3.05, 3.63) is 58.5 Å². The van der Waals surface area contributed by atoms with E-state index in [1.54, 1.807) is 28.9 Å². The van der Waals surface area contributed by atoms with E-state index in [1.807, 2.05) is 0 Å². The third kappa shape index (κ3) is 4.70. The smallest absolute Gasteiger partial charge is 0.320 e. The zero-order valence-electron chi connectivity index (χ0n) is 18.9. The average molecular weight is 470 g/mol. The Hall–Kier alpha value is -3.57. The Balaban J connectivity index is 1.47. The van der Waals surface area contributed by atoms with Gasteiger partial charge in [-0.05, 0) is 55.2 Å². The van der Waals surface area contributed by atoms with Crippen LogP contribution < -0.4 is 11.2 Å². The molecule has 2 aromatic rings. The number of amides is 3. The molecule has 3 amide bonds. The van der Waals surface area contributed by atoms with Gasteiger partial charge in [0.05, 0.1) is 18.2 Å². The van der Waals surface area contributed by atoms with E-state index in [-0.39, 0.29) is 35.5 Å². The minimum Gasteiger partial charge on any atom is -0.394 e. The van der Waals surface area contributed by atoms with E-state index >= 15 is 0 Å². The molecule has 5 N–H and O–H groups in total. The Labute approximate surface area is 196 Å². The van der Waals surface area contributed by atoms with Gasteiger partial charge in [0, 0.05) is 26.2 Å². The van der Waals surface area contributed by atoms with Gasteiger partial charge in [-0.3, -0.25) is 15.2 Å². The molecule has 0 radical (unpaired) electrons. The molecule has 180 valence electrons. The minimum absolute atomic E-state index is 0.0620. The van der Waals surface area contributed by atoms with Crippen LogP contribution in [0.25, 0.3) is 0 Å². The normalized spacial score (nSPS) is 15.8. The maximum atomic E-state index is 14.8. The Morgan fingerprint density at radius 1 is 1.24 bits per heavy atom. The molecule has 11 heteroatoms. The van der Waals surface area contributed by atoms with Crippen LogP contribution in [0.3, 0.4) is 0 Å². The van der Waals surface area contributed by atoms with Crippen molar-refractivity contribution in [3.63, 3.8) is 0 Å². The van der Waals surface area contributed by atoms with Crippen molar-refractivity contribution in [2.45, 2.75) is 38.9 Å². The Bertz CT molecular complexity index is 1120. The number of pyridine rings is 1. The molecule has 1 atom stereocenters. The number of nitrogens with zero attached hydrogens (tertiary/aromatic N) is 4. The van der Waals surface area contributed by atoms with Crippen LogP contribution in [0.1, 0.15) is 46.9 Å². The number of aliphatic hydroxyl groups is 1. The van der Waals surface area contributed by atoms with Crippen molar-refractivity contribution < 1.29 is 19.1 Å². The first-order valence-corrected chi connectivity index (χ1v) is 11.2. The highest BCUT2D eigenvalue weighted by molar-refractivity contribution is 6.04. The topological polar surface area (TPSA) is 139 Å². The van der Waals surface area contributed by atoms with Gasteiger partial charge in [0.15, 0.2) is 5.84 Å². The number of urea groups is 1. The molecule has 0 bridgehead atoms. The fourth-order valence-corrected chi connectivity index (χ4v) is 4.10. The second-order valence-corrected chi connectivity index (χ2v) is 8.58. The van der Waals surface area contributed by atoms with E-state index < -0.39 is 17.8 Å². The van der Waals surface area contributed by atoms with Gasteiger partial charge in [-0.25, -0.2) is 20.0 Å². The number of nitrogens with two attached hydrogens (primary N) is 1. The molecular weight excluding hydrogens is 441 g/mol. The number of anilines is 1. The number of nitrogens with one attached hydrogen (secondary N) is 2. The summed E-state index contributed by atoms with van der Waals surface area (Å²) < 4.78 is 14.8. The highest BCUT2D eigenvalue weighted by Crippen LogP contribution is 2.28. The third-order valence-electron chi connectivity index (χ3n) is 6.13. The van der Waals surface area contributed by atoms with Crippen LogP contribution in [0.15, 0.2) is 30.3 Å². The van der Waals surface area contributed by atoms with Gasteiger partial charge >= 0.3 is 6.03 Å². The second-order valence-electron chi connectivity index (χ2n) is 8.58. The Morgan fingerprint density at radius 3 is 2.59 bits per heavy atom. The van der Waals surface area contributed by atoms with Crippen LogP contribution in [-0.2, 0) is 13.1 Å². The number of hydrogen-bond acceptors (Lipinski definition) is 6. The summed E-state index contributed by atoms with van der Waals surface area (Å²) in [4.78, 5) is 33.2. The highest BCUT2D eigenvalue weighted by Gasteiger charge is 2.30. The number of amidine groups is 1. The number of carbonyl (C=O) groups is 2. The number of halogens is 1. The summed E-state index contributed by atoms with van der Waals surface area (Å²) in [6.45, 7) is 3.52. The lowest BCUT2D eigenvalue weighted by atomic mass is 10.1. The second kappa shape index (κ2) is 9.74. The highest BCUT2D eigenvalue weighted by atomic mass is 19.1. The van der Waals surface area contributed by atoms with Gasteiger partial charge in [-0.2, -0.15) is 0 Å². The van der Waals surface area contributed by atoms with Gasteiger partial charge < -0.3 is 20.2 Å². The molecule has 1 aromatic carbocycles. The molecule has 3 heterocycles. The van der Waals surface area contributed by atoms with Gasteiger partial charge in [0.25, 0.3) is 5.91 Å². The molecular formula is C23H28FN7O3. The van der Waals surface area contributed by atoms with Crippen molar-refractivity contribution in [1.82, 2.24) is 19.8 Å². The molecule has 0 aliphatic carbocycles. The number of likely N-dealkylation sites (tertiary alicyclic amines) is 1. The standard InChI is InChI=1S/C23H28FN7O3/c1-14(13-32)31(26)21(25)19-5-4-6-20(27-19)28-22(33)17-9-15-11-30(12-16(15)10-18(17)24)23(34)29-7-2-3-8-29/h4-6,9-10,14,25,32H,2-3,7-8,11-13,26H2,1H3,(H,27,28,33). The fourth-order valence-electron chi connectivity index (χ4n) is 4.10. The summed E-state index contributed by atoms with van der Waals surface area (Å²) in [5, 5.41) is 21.0. The molecule has 2 aliphatic rings. The molecule has 1 unspecified atom stereocenters. The molecule has 1 aromatic heterocycles. The van der Waals surface area contributed by atoms with Gasteiger partial charge in [0.2, 0.25) is 0 Å². The first-order chi connectivity index (χ1) is 16.3. The van der Waals surface area contributed by atoms with Crippen molar-refractivity contribution >= 4 is 23.6 Å². The van der Waals surface area contributed by atoms with Gasteiger partial charge in [0.1, 0.15) is 17.3 Å². The van der Waals surface area contributed by atoms with E-state index in [1.165, 1.54) is 18.2 Å². The zero-order valence-corrected chi connectivity index (χ0v) is 18.9. The lowest BCUT2D eigenvalue weighted by molar-refractivity contribution is 0.102. The number of aliphatic hydroxyl groups excluding tert-OH is 1. The van der Waals surface area contributed by atoms with E-state index in [0.717, 1.165) is 36.5 Å². The quantitative estimate of drug-likeness (QED) is 0.228. The van der Waals surface area contributed by atoms with Crippen molar-refractivity contribution in [2.75, 3.05) is 25.0 Å². The van der Waals surface area contributed by atoms with Crippen molar-refractivity contribution in [2.24, 2.45) is 5.84 Å². The predicted molar refractivity (Wildman–Crippen MR) is 123 cm³/mol. The van der Waals surface area contributed by atoms with Crippen LogP contribution in [-0.4, -0.2) is 68.4 Å². The average Bonchev–Trinajstić information content (AvgIpc) is 3.51. The molecule has 0 saturated carbocycles. The molecule has 1 fully saturated rings. The van der Waals surface area contributed by atoms with Crippen LogP contribution in [0.5, 0.6) is 0 Å². The predicted octanol–water partition coefficient (Wildman–Crippen LogP) is 1.89. The number of hydrazine groups is 1. The first-order valence-electron chi connectivity index (χ1n) is 11.2. The Kier molecular flexibility index (Phi) is 6.75. The molecule has 4 rings (SSSR count). The SMILES string of the molecule is CC(CO)N(N)C(=N)c1cccc(NC(=O)c2cc3c(cc2F)CN(C(=O)N2CCCC2)C3)n1. The lowest BCUT2D eigenvalue weighted by Gasteiger charge is -2.24. The maximum absolute atomic E-state index is 14.8. The summed E-state index contributed by atoms with van der Waals surface area (Å²) in [5.41, 5.74) is 1.47. The number of aromatic nitrogens is 1. The van der Waals surface area contributed by atoms with E-state index in [9.17, 15) is 19.1 Å². The summed E-state index contributed by atoms with van der Waals surface area (Å²) in [5.74, 6) is 4.46. The van der Waals surface area contributed by atoms with Gasteiger partial charge in [-0.15, -0.1) is 0 Å². The Morgan fingerprint density at radius 2 is 1.91 bits per heavy atom. The summed E-state index contributed by atoms with van der Waals surface area (Å²) in [6, 6.07) is 6.89. The number of carbonyl (C=O) groups excluding carboxylic acids is 2. The minimum atomic E-state index is -0.686. The first kappa shape index (κ1) is 23.6. The number of fused-ring (bicyclic) bond motifs is 1. The van der Waals surface area contributed by atoms with Crippen LogP contribution in [0.4, 0.5) is 15.0 Å². The van der Waals surface area contributed by atoms with Gasteiger partial charge in [-0.1, -0.05) is 6.07 Å². The van der Waals surface area contributed by atoms with E-state index in [4.69, 9.17) is 11.3 Å². The number of hydrogen-bond donors (Lipinski definition) is 4. The van der Waals surface area contributed by atoms with Crippen molar-refractivity contribution in [1.29, 1.82) is 5.41 Å². The van der Waals surface area contributed by atoms with Crippen LogP contribution in [0.2, 0.25) is 0 Å². The molecule has 10 nitrogen and oxygen atoms in total. The summed E-state index contributed by atoms with van der Waals surface area (Å²) in [7, 11) is 0. The fraction of sp³-hybridized carbons (Fsp3) is 0.391. The molecule has 34 heavy (non-hydrogen) atoms. The van der Waals surface area contributed by atoms with Crippen molar-refractivity contribution in [3.8, 4) is 0 Å².